The third kappa shape index (κ3) is 3.72. The molecule has 1 aromatic carbocycles. The summed E-state index contributed by atoms with van der Waals surface area (Å²) >= 11 is 5.80. The van der Waals surface area contributed by atoms with E-state index in [-0.39, 0.29) is 18.6 Å². The van der Waals surface area contributed by atoms with E-state index in [9.17, 15) is 18.0 Å². The van der Waals surface area contributed by atoms with E-state index in [0.717, 1.165) is 0 Å². The van der Waals surface area contributed by atoms with Crippen molar-refractivity contribution in [1.82, 2.24) is 5.32 Å². The number of carbonyl (C=O) groups is 1. The highest BCUT2D eigenvalue weighted by atomic mass is 35.5. The van der Waals surface area contributed by atoms with Gasteiger partial charge in [-0.1, -0.05) is 11.6 Å². The van der Waals surface area contributed by atoms with Crippen LogP contribution in [0.4, 0.5) is 13.2 Å². The van der Waals surface area contributed by atoms with E-state index in [2.05, 4.69) is 5.32 Å². The van der Waals surface area contributed by atoms with E-state index in [0.29, 0.717) is 30.0 Å². The molecule has 2 saturated heterocycles. The molecule has 2 aliphatic heterocycles. The molecule has 126 valence electrons. The summed E-state index contributed by atoms with van der Waals surface area (Å²) in [4.78, 5) is 11.2. The lowest BCUT2D eigenvalue weighted by atomic mass is 9.99. The zero-order valence-electron chi connectivity index (χ0n) is 12.0. The maximum Gasteiger partial charge on any atom is 0.490 e. The maximum absolute atomic E-state index is 12.5. The number of fused-ring (bicyclic) bond motifs is 2. The Labute approximate surface area is 135 Å². The monoisotopic (exact) mass is 349 g/mol. The molecule has 0 spiro atoms. The summed E-state index contributed by atoms with van der Waals surface area (Å²) in [6.07, 6.45) is -3.52. The summed E-state index contributed by atoms with van der Waals surface area (Å²) in [5.74, 6) is -1.59. The molecule has 2 fully saturated rings. The molecule has 8 heteroatoms. The predicted octanol–water partition coefficient (Wildman–Crippen LogP) is 3.44. The molecule has 0 saturated carbocycles. The van der Waals surface area contributed by atoms with Crippen molar-refractivity contribution < 1.29 is 27.4 Å². The fraction of sp³-hybridized carbons (Fsp3) is 0.533. The Bertz CT molecular complexity index is 593. The Hall–Kier alpha value is -1.47. The van der Waals surface area contributed by atoms with E-state index in [1.807, 2.05) is 0 Å². The standard InChI is InChI=1S/C15H15ClF3NO3/c16-9-1-3-11(4-2-9)22-12-7-10-5-6-14(8-12,20-10)23-13(21)15(17,18)19/h1-4,10,12,20H,5-8H2/t10-,12+,14+/m0/s1. The second-order valence-corrected chi connectivity index (χ2v) is 6.33. The first-order chi connectivity index (χ1) is 10.8. The van der Waals surface area contributed by atoms with E-state index >= 15 is 0 Å². The van der Waals surface area contributed by atoms with Gasteiger partial charge in [0.1, 0.15) is 11.9 Å². The number of piperidine rings is 1. The third-order valence-electron chi connectivity index (χ3n) is 4.10. The van der Waals surface area contributed by atoms with Gasteiger partial charge in [-0.2, -0.15) is 13.2 Å². The van der Waals surface area contributed by atoms with Crippen LogP contribution < -0.4 is 10.1 Å². The van der Waals surface area contributed by atoms with Crippen LogP contribution in [0.1, 0.15) is 25.7 Å². The van der Waals surface area contributed by atoms with Gasteiger partial charge in [0.25, 0.3) is 0 Å². The van der Waals surface area contributed by atoms with Crippen LogP contribution in [0.2, 0.25) is 5.02 Å². The van der Waals surface area contributed by atoms with Gasteiger partial charge in [-0.15, -0.1) is 0 Å². The van der Waals surface area contributed by atoms with Gasteiger partial charge in [-0.3, -0.25) is 5.32 Å². The lowest BCUT2D eigenvalue weighted by molar-refractivity contribution is -0.219. The molecule has 4 nitrogen and oxygen atoms in total. The smallest absolute Gasteiger partial charge is 0.490 e. The van der Waals surface area contributed by atoms with E-state index < -0.39 is 17.9 Å². The van der Waals surface area contributed by atoms with Crippen molar-refractivity contribution in [3.8, 4) is 5.75 Å². The molecule has 0 unspecified atom stereocenters. The molecular weight excluding hydrogens is 335 g/mol. The number of hydrogen-bond acceptors (Lipinski definition) is 4. The molecule has 1 N–H and O–H groups in total. The van der Waals surface area contributed by atoms with Gasteiger partial charge in [-0.05, 0) is 37.1 Å². The van der Waals surface area contributed by atoms with Gasteiger partial charge in [0, 0.05) is 23.9 Å². The Morgan fingerprint density at radius 3 is 2.65 bits per heavy atom. The molecule has 2 aliphatic rings. The topological polar surface area (TPSA) is 47.6 Å². The summed E-state index contributed by atoms with van der Waals surface area (Å²) in [6, 6.07) is 6.71. The quantitative estimate of drug-likeness (QED) is 0.849. The van der Waals surface area contributed by atoms with Crippen LogP contribution in [0, 0.1) is 0 Å². The molecule has 0 aliphatic carbocycles. The van der Waals surface area contributed by atoms with Gasteiger partial charge >= 0.3 is 12.1 Å². The minimum Gasteiger partial charge on any atom is -0.490 e. The number of hydrogen-bond donors (Lipinski definition) is 1. The van der Waals surface area contributed by atoms with E-state index in [1.165, 1.54) is 0 Å². The first-order valence-electron chi connectivity index (χ1n) is 7.26. The third-order valence-corrected chi connectivity index (χ3v) is 4.36. The number of alkyl halides is 3. The first-order valence-corrected chi connectivity index (χ1v) is 7.64. The van der Waals surface area contributed by atoms with Crippen LogP contribution in [0.3, 0.4) is 0 Å². The lowest BCUT2D eigenvalue weighted by Crippen LogP contribution is -2.56. The molecule has 2 bridgehead atoms. The zero-order valence-corrected chi connectivity index (χ0v) is 12.8. The molecule has 1 aromatic rings. The van der Waals surface area contributed by atoms with E-state index in [4.69, 9.17) is 21.1 Å². The van der Waals surface area contributed by atoms with Gasteiger partial charge in [0.05, 0.1) is 0 Å². The number of ether oxygens (including phenoxy) is 2. The highest BCUT2D eigenvalue weighted by molar-refractivity contribution is 6.30. The molecule has 0 amide bonds. The molecule has 0 aromatic heterocycles. The first kappa shape index (κ1) is 16.4. The molecule has 2 heterocycles. The number of nitrogens with one attached hydrogen (secondary N) is 1. The van der Waals surface area contributed by atoms with Crippen molar-refractivity contribution in [2.24, 2.45) is 0 Å². The number of rotatable bonds is 3. The van der Waals surface area contributed by atoms with Crippen LogP contribution in [-0.4, -0.2) is 30.0 Å². The minimum absolute atomic E-state index is 0.0258. The number of halogens is 4. The molecule has 0 radical (unpaired) electrons. The average Bonchev–Trinajstić information content (AvgIpc) is 2.75. The van der Waals surface area contributed by atoms with Crippen LogP contribution in [0.5, 0.6) is 5.75 Å². The van der Waals surface area contributed by atoms with Crippen LogP contribution >= 0.6 is 11.6 Å². The summed E-state index contributed by atoms with van der Waals surface area (Å²) in [6.45, 7) is 0. The maximum atomic E-state index is 12.5. The second-order valence-electron chi connectivity index (χ2n) is 5.90. The Kier molecular flexibility index (Phi) is 4.18. The Morgan fingerprint density at radius 2 is 2.00 bits per heavy atom. The molecule has 3 rings (SSSR count). The van der Waals surface area contributed by atoms with Crippen molar-refractivity contribution >= 4 is 17.6 Å². The number of benzene rings is 1. The van der Waals surface area contributed by atoms with Gasteiger partial charge in [-0.25, -0.2) is 4.79 Å². The molecular formula is C15H15ClF3NO3. The fourth-order valence-corrected chi connectivity index (χ4v) is 3.31. The largest absolute Gasteiger partial charge is 0.490 e. The Balaban J connectivity index is 1.69. The fourth-order valence-electron chi connectivity index (χ4n) is 3.18. The molecule has 3 atom stereocenters. The predicted molar refractivity (Wildman–Crippen MR) is 76.1 cm³/mol. The van der Waals surface area contributed by atoms with Crippen molar-refractivity contribution in [3.05, 3.63) is 29.3 Å². The van der Waals surface area contributed by atoms with Gasteiger partial charge < -0.3 is 9.47 Å². The van der Waals surface area contributed by atoms with Crippen LogP contribution in [0.15, 0.2) is 24.3 Å². The van der Waals surface area contributed by atoms with Gasteiger partial charge in [0.15, 0.2) is 5.72 Å². The number of carbonyl (C=O) groups excluding carboxylic acids is 1. The number of esters is 1. The highest BCUT2D eigenvalue weighted by Crippen LogP contribution is 2.39. The second kappa shape index (κ2) is 5.87. The Morgan fingerprint density at radius 1 is 1.30 bits per heavy atom. The van der Waals surface area contributed by atoms with Crippen molar-refractivity contribution in [2.45, 2.75) is 49.7 Å². The summed E-state index contributed by atoms with van der Waals surface area (Å²) in [7, 11) is 0. The van der Waals surface area contributed by atoms with Crippen LogP contribution in [-0.2, 0) is 9.53 Å². The van der Waals surface area contributed by atoms with Gasteiger partial charge in [0.2, 0.25) is 0 Å². The zero-order chi connectivity index (χ0) is 16.7. The molecule has 23 heavy (non-hydrogen) atoms. The summed E-state index contributed by atoms with van der Waals surface area (Å²) in [5.41, 5.74) is -1.30. The van der Waals surface area contributed by atoms with Crippen molar-refractivity contribution in [3.63, 3.8) is 0 Å². The average molecular weight is 350 g/mol. The van der Waals surface area contributed by atoms with Crippen molar-refractivity contribution in [2.75, 3.05) is 0 Å². The van der Waals surface area contributed by atoms with Crippen LogP contribution in [0.25, 0.3) is 0 Å². The van der Waals surface area contributed by atoms with Crippen molar-refractivity contribution in [1.29, 1.82) is 0 Å². The highest BCUT2D eigenvalue weighted by Gasteiger charge is 2.53. The SMILES string of the molecule is O=C(O[C@]12CC[C@@H](C[C@@H](Oc3ccc(Cl)cc3)C1)N2)C(F)(F)F. The summed E-state index contributed by atoms with van der Waals surface area (Å²) < 4.78 is 47.9. The van der Waals surface area contributed by atoms with E-state index in [1.54, 1.807) is 24.3 Å². The lowest BCUT2D eigenvalue weighted by Gasteiger charge is -2.38. The normalized spacial score (nSPS) is 30.1. The minimum atomic E-state index is -5.00. The summed E-state index contributed by atoms with van der Waals surface area (Å²) in [5, 5.41) is 3.56.